The molecule has 1 atom stereocenters. The number of aromatic nitrogens is 3. The smallest absolute Gasteiger partial charge is 0.126 e. The summed E-state index contributed by atoms with van der Waals surface area (Å²) in [5.74, 6) is -0.374. The lowest BCUT2D eigenvalue weighted by molar-refractivity contribution is 0.504. The van der Waals surface area contributed by atoms with Crippen LogP contribution in [0, 0.1) is 11.6 Å². The van der Waals surface area contributed by atoms with Gasteiger partial charge in [0.2, 0.25) is 0 Å². The molecule has 1 aliphatic carbocycles. The van der Waals surface area contributed by atoms with E-state index in [4.69, 9.17) is 0 Å². The van der Waals surface area contributed by atoms with Gasteiger partial charge in [0, 0.05) is 13.1 Å². The van der Waals surface area contributed by atoms with Crippen LogP contribution in [0.15, 0.2) is 48.7 Å². The van der Waals surface area contributed by atoms with E-state index in [-0.39, 0.29) is 17.7 Å². The van der Waals surface area contributed by atoms with E-state index in [0.29, 0.717) is 13.1 Å². The Labute approximate surface area is 144 Å². The third-order valence-electron chi connectivity index (χ3n) is 4.61. The lowest BCUT2D eigenvalue weighted by Crippen LogP contribution is -2.13. The van der Waals surface area contributed by atoms with Crippen molar-refractivity contribution in [2.45, 2.75) is 32.0 Å². The van der Waals surface area contributed by atoms with Crippen LogP contribution >= 0.6 is 0 Å². The summed E-state index contributed by atoms with van der Waals surface area (Å²) in [6.07, 6.45) is 3.47. The molecule has 3 aromatic rings. The van der Waals surface area contributed by atoms with Crippen molar-refractivity contribution in [3.05, 3.63) is 82.7 Å². The molecular formula is C19H18F2N4. The Kier molecular flexibility index (Phi) is 4.28. The molecule has 1 heterocycles. The minimum absolute atomic E-state index is 0.0454. The maximum Gasteiger partial charge on any atom is 0.126 e. The highest BCUT2D eigenvalue weighted by Gasteiger charge is 2.27. The summed E-state index contributed by atoms with van der Waals surface area (Å²) >= 11 is 0. The Balaban J connectivity index is 1.40. The van der Waals surface area contributed by atoms with Crippen molar-refractivity contribution in [1.29, 1.82) is 0 Å². The number of rotatable bonds is 5. The first-order valence-electron chi connectivity index (χ1n) is 8.34. The molecule has 0 amide bonds. The van der Waals surface area contributed by atoms with E-state index in [2.05, 4.69) is 15.6 Å². The average molecular weight is 340 g/mol. The van der Waals surface area contributed by atoms with Gasteiger partial charge in [-0.3, -0.25) is 0 Å². The fourth-order valence-corrected chi connectivity index (χ4v) is 3.35. The molecule has 0 spiro atoms. The van der Waals surface area contributed by atoms with Crippen molar-refractivity contribution in [2.24, 2.45) is 0 Å². The maximum atomic E-state index is 13.9. The second kappa shape index (κ2) is 6.72. The van der Waals surface area contributed by atoms with E-state index >= 15 is 0 Å². The van der Waals surface area contributed by atoms with Gasteiger partial charge in [-0.25, -0.2) is 13.5 Å². The van der Waals surface area contributed by atoms with Crippen molar-refractivity contribution in [1.82, 2.24) is 20.3 Å². The zero-order chi connectivity index (χ0) is 17.2. The standard InChI is InChI=1S/C19H18F2N4/c20-14-6-4-13(5-7-14)10-22-11-15-12-25(24-23-15)19-9-8-16-17(19)2-1-3-18(16)21/h1-7,12,19,22H,8-11H2. The molecule has 1 aliphatic rings. The summed E-state index contributed by atoms with van der Waals surface area (Å²) in [5, 5.41) is 11.7. The minimum Gasteiger partial charge on any atom is -0.307 e. The molecule has 0 aliphatic heterocycles. The van der Waals surface area contributed by atoms with Crippen molar-refractivity contribution in [2.75, 3.05) is 0 Å². The third kappa shape index (κ3) is 3.30. The molecule has 0 fully saturated rings. The summed E-state index contributed by atoms with van der Waals surface area (Å²) in [5.41, 5.74) is 3.62. The number of fused-ring (bicyclic) bond motifs is 1. The zero-order valence-electron chi connectivity index (χ0n) is 13.6. The Morgan fingerprint density at radius 1 is 1.08 bits per heavy atom. The van der Waals surface area contributed by atoms with E-state index in [1.165, 1.54) is 18.2 Å². The maximum absolute atomic E-state index is 13.9. The highest BCUT2D eigenvalue weighted by Crippen LogP contribution is 2.35. The fourth-order valence-electron chi connectivity index (χ4n) is 3.35. The number of benzene rings is 2. The fraction of sp³-hybridized carbons (Fsp3) is 0.263. The number of halogens is 2. The summed E-state index contributed by atoms with van der Waals surface area (Å²) in [7, 11) is 0. The highest BCUT2D eigenvalue weighted by atomic mass is 19.1. The van der Waals surface area contributed by atoms with E-state index < -0.39 is 0 Å². The number of hydrogen-bond acceptors (Lipinski definition) is 3. The zero-order valence-corrected chi connectivity index (χ0v) is 13.6. The van der Waals surface area contributed by atoms with Gasteiger partial charge in [0.05, 0.1) is 17.9 Å². The molecule has 128 valence electrons. The van der Waals surface area contributed by atoms with Gasteiger partial charge in [-0.05, 0) is 47.7 Å². The number of hydrogen-bond donors (Lipinski definition) is 1. The molecule has 6 heteroatoms. The molecule has 0 saturated carbocycles. The molecular weight excluding hydrogens is 322 g/mol. The van der Waals surface area contributed by atoms with Crippen molar-refractivity contribution < 1.29 is 8.78 Å². The first kappa shape index (κ1) is 15.9. The number of nitrogens with zero attached hydrogens (tertiary/aromatic N) is 3. The first-order chi connectivity index (χ1) is 12.2. The van der Waals surface area contributed by atoms with Crippen LogP contribution in [-0.2, 0) is 19.5 Å². The van der Waals surface area contributed by atoms with Crippen LogP contribution in [-0.4, -0.2) is 15.0 Å². The summed E-state index contributed by atoms with van der Waals surface area (Å²) in [6.45, 7) is 1.20. The van der Waals surface area contributed by atoms with Crippen LogP contribution in [0.3, 0.4) is 0 Å². The molecule has 1 aromatic heterocycles. The molecule has 4 nitrogen and oxygen atoms in total. The van der Waals surface area contributed by atoms with E-state index in [0.717, 1.165) is 35.2 Å². The molecule has 1 N–H and O–H groups in total. The minimum atomic E-state index is -0.236. The normalized spacial score (nSPS) is 16.2. The summed E-state index contributed by atoms with van der Waals surface area (Å²) in [4.78, 5) is 0. The summed E-state index contributed by atoms with van der Waals surface area (Å²) in [6, 6.07) is 11.7. The molecule has 2 aromatic carbocycles. The Morgan fingerprint density at radius 3 is 2.76 bits per heavy atom. The van der Waals surface area contributed by atoms with Crippen molar-refractivity contribution >= 4 is 0 Å². The molecule has 0 bridgehead atoms. The van der Waals surface area contributed by atoms with Crippen LogP contribution in [0.5, 0.6) is 0 Å². The van der Waals surface area contributed by atoms with Crippen molar-refractivity contribution in [3.8, 4) is 0 Å². The topological polar surface area (TPSA) is 42.7 Å². The van der Waals surface area contributed by atoms with Gasteiger partial charge in [0.25, 0.3) is 0 Å². The van der Waals surface area contributed by atoms with Crippen LogP contribution in [0.2, 0.25) is 0 Å². The van der Waals surface area contributed by atoms with E-state index in [1.807, 2.05) is 16.9 Å². The second-order valence-electron chi connectivity index (χ2n) is 6.28. The van der Waals surface area contributed by atoms with E-state index in [9.17, 15) is 8.78 Å². The Morgan fingerprint density at radius 2 is 1.92 bits per heavy atom. The largest absolute Gasteiger partial charge is 0.307 e. The SMILES string of the molecule is Fc1ccc(CNCc2cn(C3CCc4c(F)cccc43)nn2)cc1. The predicted molar refractivity (Wildman–Crippen MR) is 89.8 cm³/mol. The van der Waals surface area contributed by atoms with Crippen LogP contribution in [0.4, 0.5) is 8.78 Å². The van der Waals surface area contributed by atoms with Crippen LogP contribution in [0.25, 0.3) is 0 Å². The van der Waals surface area contributed by atoms with Crippen LogP contribution in [0.1, 0.15) is 34.8 Å². The molecule has 25 heavy (non-hydrogen) atoms. The molecule has 0 radical (unpaired) electrons. The van der Waals surface area contributed by atoms with Gasteiger partial charge in [0.1, 0.15) is 11.6 Å². The third-order valence-corrected chi connectivity index (χ3v) is 4.61. The van der Waals surface area contributed by atoms with Gasteiger partial charge in [-0.2, -0.15) is 0 Å². The van der Waals surface area contributed by atoms with Crippen LogP contribution < -0.4 is 5.32 Å². The highest BCUT2D eigenvalue weighted by molar-refractivity contribution is 5.36. The lowest BCUT2D eigenvalue weighted by atomic mass is 10.1. The van der Waals surface area contributed by atoms with Gasteiger partial charge >= 0.3 is 0 Å². The molecule has 0 saturated heterocycles. The predicted octanol–water partition coefficient (Wildman–Crippen LogP) is 3.38. The van der Waals surface area contributed by atoms with E-state index in [1.54, 1.807) is 18.2 Å². The second-order valence-corrected chi connectivity index (χ2v) is 6.28. The monoisotopic (exact) mass is 340 g/mol. The Bertz CT molecular complexity index is 873. The average Bonchev–Trinajstić information content (AvgIpc) is 3.24. The van der Waals surface area contributed by atoms with Gasteiger partial charge in [-0.15, -0.1) is 5.10 Å². The molecule has 1 unspecified atom stereocenters. The molecule has 4 rings (SSSR count). The van der Waals surface area contributed by atoms with Gasteiger partial charge in [-0.1, -0.05) is 29.5 Å². The van der Waals surface area contributed by atoms with Gasteiger partial charge in [0.15, 0.2) is 0 Å². The van der Waals surface area contributed by atoms with Gasteiger partial charge < -0.3 is 5.32 Å². The number of nitrogens with one attached hydrogen (secondary N) is 1. The van der Waals surface area contributed by atoms with Crippen molar-refractivity contribution in [3.63, 3.8) is 0 Å². The Hall–Kier alpha value is -2.60. The summed E-state index contributed by atoms with van der Waals surface area (Å²) < 4.78 is 28.6. The quantitative estimate of drug-likeness (QED) is 0.774. The first-order valence-corrected chi connectivity index (χ1v) is 8.34. The lowest BCUT2D eigenvalue weighted by Gasteiger charge is -2.11.